The maximum absolute atomic E-state index is 12.6. The Morgan fingerprint density at radius 2 is 2.21 bits per heavy atom. The van der Waals surface area contributed by atoms with E-state index in [1.807, 2.05) is 18.0 Å². The Kier molecular flexibility index (Phi) is 8.60. The predicted molar refractivity (Wildman–Crippen MR) is 91.9 cm³/mol. The minimum atomic E-state index is -2.89. The van der Waals surface area contributed by atoms with Crippen molar-refractivity contribution in [1.82, 2.24) is 10.2 Å². The summed E-state index contributed by atoms with van der Waals surface area (Å²) in [5.74, 6) is 1.22. The number of nitrogens with one attached hydrogen (secondary N) is 1. The topological polar surface area (TPSA) is 46.1 Å². The average Bonchev–Trinajstić information content (AvgIpc) is 2.56. The number of methoxy groups -OCH3 is 1. The molecule has 134 valence electrons. The quantitative estimate of drug-likeness (QED) is 0.324. The number of guanidine groups is 1. The lowest BCUT2D eigenvalue weighted by Gasteiger charge is -2.22. The van der Waals surface area contributed by atoms with Crippen molar-refractivity contribution < 1.29 is 18.3 Å². The minimum Gasteiger partial charge on any atom is -0.497 e. The molecule has 1 N–H and O–H groups in total. The Labute approximate surface area is 142 Å². The summed E-state index contributed by atoms with van der Waals surface area (Å²) in [6.45, 7) is 1.93. The van der Waals surface area contributed by atoms with Crippen LogP contribution < -0.4 is 14.8 Å². The minimum absolute atomic E-state index is 0.0848. The van der Waals surface area contributed by atoms with Crippen LogP contribution in [-0.4, -0.2) is 45.2 Å². The number of aliphatic imine (C=N–C) groups is 1. The van der Waals surface area contributed by atoms with Crippen LogP contribution in [0.4, 0.5) is 8.78 Å². The smallest absolute Gasteiger partial charge is 0.387 e. The van der Waals surface area contributed by atoms with E-state index >= 15 is 0 Å². The number of hydrogen-bond acceptors (Lipinski definition) is 3. The number of halogens is 2. The third-order valence-corrected chi connectivity index (χ3v) is 3.40. The van der Waals surface area contributed by atoms with Crippen LogP contribution in [0.3, 0.4) is 0 Å². The van der Waals surface area contributed by atoms with E-state index in [0.717, 1.165) is 19.4 Å². The van der Waals surface area contributed by atoms with Gasteiger partial charge in [0.1, 0.15) is 11.5 Å². The van der Waals surface area contributed by atoms with E-state index in [0.29, 0.717) is 23.8 Å². The van der Waals surface area contributed by atoms with Crippen LogP contribution in [-0.2, 0) is 6.54 Å². The second kappa shape index (κ2) is 10.5. The van der Waals surface area contributed by atoms with Crippen molar-refractivity contribution in [2.75, 3.05) is 27.7 Å². The molecule has 0 fully saturated rings. The van der Waals surface area contributed by atoms with Gasteiger partial charge in [-0.15, -0.1) is 6.58 Å². The zero-order valence-electron chi connectivity index (χ0n) is 14.4. The first-order chi connectivity index (χ1) is 11.5. The molecular weight excluding hydrogens is 316 g/mol. The second-order valence-electron chi connectivity index (χ2n) is 5.11. The second-order valence-corrected chi connectivity index (χ2v) is 5.11. The van der Waals surface area contributed by atoms with Crippen molar-refractivity contribution in [1.29, 1.82) is 0 Å². The number of benzene rings is 1. The van der Waals surface area contributed by atoms with Gasteiger partial charge in [0.25, 0.3) is 0 Å². The largest absolute Gasteiger partial charge is 0.497 e. The van der Waals surface area contributed by atoms with Gasteiger partial charge in [0, 0.05) is 38.8 Å². The van der Waals surface area contributed by atoms with Gasteiger partial charge in [-0.1, -0.05) is 6.08 Å². The summed E-state index contributed by atoms with van der Waals surface area (Å²) in [7, 11) is 5.07. The highest BCUT2D eigenvalue weighted by Crippen LogP contribution is 2.26. The first kappa shape index (κ1) is 19.7. The van der Waals surface area contributed by atoms with Gasteiger partial charge in [-0.05, 0) is 25.0 Å². The molecule has 0 spiro atoms. The number of unbranched alkanes of at least 4 members (excludes halogenated alkanes) is 1. The van der Waals surface area contributed by atoms with E-state index < -0.39 is 6.61 Å². The molecule has 0 aliphatic heterocycles. The van der Waals surface area contributed by atoms with Crippen molar-refractivity contribution >= 4 is 5.96 Å². The van der Waals surface area contributed by atoms with Crippen molar-refractivity contribution in [3.63, 3.8) is 0 Å². The highest BCUT2D eigenvalue weighted by molar-refractivity contribution is 5.79. The maximum atomic E-state index is 12.6. The molecule has 0 saturated heterocycles. The zero-order valence-corrected chi connectivity index (χ0v) is 14.4. The van der Waals surface area contributed by atoms with Gasteiger partial charge in [-0.25, -0.2) is 0 Å². The van der Waals surface area contributed by atoms with Crippen molar-refractivity contribution in [3.8, 4) is 11.5 Å². The molecule has 0 aromatic heterocycles. The molecule has 0 atom stereocenters. The van der Waals surface area contributed by atoms with Crippen molar-refractivity contribution in [2.45, 2.75) is 26.0 Å². The fourth-order valence-electron chi connectivity index (χ4n) is 2.15. The molecule has 1 aromatic carbocycles. The lowest BCUT2D eigenvalue weighted by Crippen LogP contribution is -2.39. The Hall–Kier alpha value is -2.31. The number of alkyl halides is 2. The third kappa shape index (κ3) is 6.44. The van der Waals surface area contributed by atoms with E-state index in [1.165, 1.54) is 13.2 Å². The molecule has 0 bridgehead atoms. The molecular formula is C17H25F2N3O2. The summed E-state index contributed by atoms with van der Waals surface area (Å²) in [5, 5.41) is 3.15. The van der Waals surface area contributed by atoms with Gasteiger partial charge in [0.05, 0.1) is 7.11 Å². The van der Waals surface area contributed by atoms with Gasteiger partial charge in [-0.2, -0.15) is 8.78 Å². The average molecular weight is 341 g/mol. The highest BCUT2D eigenvalue weighted by atomic mass is 19.3. The molecule has 0 amide bonds. The number of nitrogens with zero attached hydrogens (tertiary/aromatic N) is 2. The van der Waals surface area contributed by atoms with Gasteiger partial charge in [0.15, 0.2) is 5.96 Å². The van der Waals surface area contributed by atoms with E-state index in [-0.39, 0.29) is 5.75 Å². The lowest BCUT2D eigenvalue weighted by molar-refractivity contribution is -0.0505. The van der Waals surface area contributed by atoms with Gasteiger partial charge >= 0.3 is 6.61 Å². The van der Waals surface area contributed by atoms with Gasteiger partial charge in [0.2, 0.25) is 0 Å². The number of hydrogen-bond donors (Lipinski definition) is 1. The van der Waals surface area contributed by atoms with Crippen LogP contribution in [0.2, 0.25) is 0 Å². The Morgan fingerprint density at radius 1 is 1.46 bits per heavy atom. The predicted octanol–water partition coefficient (Wildman–Crippen LogP) is 3.27. The first-order valence-electron chi connectivity index (χ1n) is 7.66. The summed E-state index contributed by atoms with van der Waals surface area (Å²) in [6.07, 6.45) is 3.75. The molecule has 1 rings (SSSR count). The number of ether oxygens (including phenoxy) is 2. The van der Waals surface area contributed by atoms with Crippen molar-refractivity contribution in [2.24, 2.45) is 4.99 Å². The third-order valence-electron chi connectivity index (χ3n) is 3.40. The Balaban J connectivity index is 2.75. The fraction of sp³-hybridized carbons (Fsp3) is 0.471. The summed E-state index contributed by atoms with van der Waals surface area (Å²) in [5.41, 5.74) is 0.594. The van der Waals surface area contributed by atoms with E-state index in [2.05, 4.69) is 21.6 Å². The first-order valence-corrected chi connectivity index (χ1v) is 7.66. The molecule has 0 radical (unpaired) electrons. The van der Waals surface area contributed by atoms with Crippen LogP contribution in [0.25, 0.3) is 0 Å². The monoisotopic (exact) mass is 341 g/mol. The Bertz CT molecular complexity index is 551. The van der Waals surface area contributed by atoms with Crippen LogP contribution >= 0.6 is 0 Å². The van der Waals surface area contributed by atoms with Crippen LogP contribution in [0.15, 0.2) is 35.8 Å². The molecule has 0 aliphatic carbocycles. The SMILES string of the molecule is C=CCCCN(C)C(=NC)NCc1ccc(OC)cc1OC(F)F. The summed E-state index contributed by atoms with van der Waals surface area (Å²) >= 11 is 0. The summed E-state index contributed by atoms with van der Waals surface area (Å²) in [6, 6.07) is 4.83. The number of rotatable bonds is 9. The maximum Gasteiger partial charge on any atom is 0.387 e. The molecule has 5 nitrogen and oxygen atoms in total. The molecule has 1 aromatic rings. The van der Waals surface area contributed by atoms with E-state index in [4.69, 9.17) is 4.74 Å². The molecule has 0 aliphatic rings. The molecule has 24 heavy (non-hydrogen) atoms. The normalized spacial score (nSPS) is 11.3. The van der Waals surface area contributed by atoms with Gasteiger partial charge < -0.3 is 19.7 Å². The molecule has 0 saturated carbocycles. The highest BCUT2D eigenvalue weighted by Gasteiger charge is 2.12. The van der Waals surface area contributed by atoms with Crippen LogP contribution in [0.5, 0.6) is 11.5 Å². The van der Waals surface area contributed by atoms with Gasteiger partial charge in [-0.3, -0.25) is 4.99 Å². The zero-order chi connectivity index (χ0) is 17.9. The summed E-state index contributed by atoms with van der Waals surface area (Å²) < 4.78 is 34.8. The fourth-order valence-corrected chi connectivity index (χ4v) is 2.15. The lowest BCUT2D eigenvalue weighted by atomic mass is 10.2. The molecule has 7 heteroatoms. The van der Waals surface area contributed by atoms with Crippen LogP contribution in [0, 0.1) is 0 Å². The molecule has 0 unspecified atom stereocenters. The molecule has 0 heterocycles. The van der Waals surface area contributed by atoms with E-state index in [9.17, 15) is 8.78 Å². The van der Waals surface area contributed by atoms with E-state index in [1.54, 1.807) is 19.2 Å². The Morgan fingerprint density at radius 3 is 2.79 bits per heavy atom. The van der Waals surface area contributed by atoms with Crippen LogP contribution in [0.1, 0.15) is 18.4 Å². The van der Waals surface area contributed by atoms with Crippen molar-refractivity contribution in [3.05, 3.63) is 36.4 Å². The summed E-state index contributed by atoms with van der Waals surface area (Å²) in [4.78, 5) is 6.17. The standard InChI is InChI=1S/C17H25F2N3O2/c1-5-6-7-10-22(3)17(20-2)21-12-13-8-9-14(23-4)11-15(13)24-16(18)19/h5,8-9,11,16H,1,6-7,10,12H2,2-4H3,(H,20,21). The number of allylic oxidation sites excluding steroid dienone is 1.